The minimum absolute atomic E-state index is 0.00233. The lowest BCUT2D eigenvalue weighted by molar-refractivity contribution is -0.116. The second-order valence-corrected chi connectivity index (χ2v) is 6.28. The first-order valence-corrected chi connectivity index (χ1v) is 8.84. The van der Waals surface area contributed by atoms with Crippen molar-refractivity contribution in [3.05, 3.63) is 71.7 Å². The SMILES string of the molecule is CCc1ccccc1NC(=O)CN(C)C(=O)c1cc(-c2ccccc2F)on1. The first-order chi connectivity index (χ1) is 13.5. The number of carbonyl (C=O) groups excluding carboxylic acids is 2. The van der Waals surface area contributed by atoms with E-state index in [0.29, 0.717) is 0 Å². The molecule has 7 heteroatoms. The van der Waals surface area contributed by atoms with Gasteiger partial charge in [-0.3, -0.25) is 9.59 Å². The van der Waals surface area contributed by atoms with Gasteiger partial charge in [-0.05, 0) is 30.2 Å². The highest BCUT2D eigenvalue weighted by Gasteiger charge is 2.21. The summed E-state index contributed by atoms with van der Waals surface area (Å²) in [6.07, 6.45) is 0.781. The summed E-state index contributed by atoms with van der Waals surface area (Å²) in [5, 5.41) is 6.52. The molecule has 144 valence electrons. The van der Waals surface area contributed by atoms with E-state index in [1.165, 1.54) is 30.1 Å². The average Bonchev–Trinajstić information content (AvgIpc) is 3.18. The monoisotopic (exact) mass is 381 g/mol. The summed E-state index contributed by atoms with van der Waals surface area (Å²) in [7, 11) is 1.49. The van der Waals surface area contributed by atoms with Crippen LogP contribution in [0.1, 0.15) is 23.0 Å². The molecule has 0 saturated carbocycles. The molecule has 0 radical (unpaired) electrons. The minimum Gasteiger partial charge on any atom is -0.355 e. The fraction of sp³-hybridized carbons (Fsp3) is 0.190. The quantitative estimate of drug-likeness (QED) is 0.706. The van der Waals surface area contributed by atoms with Gasteiger partial charge in [-0.1, -0.05) is 42.4 Å². The number of hydrogen-bond donors (Lipinski definition) is 1. The Hall–Kier alpha value is -3.48. The summed E-state index contributed by atoms with van der Waals surface area (Å²) < 4.78 is 18.9. The van der Waals surface area contributed by atoms with Gasteiger partial charge in [-0.2, -0.15) is 0 Å². The fourth-order valence-electron chi connectivity index (χ4n) is 2.79. The van der Waals surface area contributed by atoms with Gasteiger partial charge in [0.15, 0.2) is 11.5 Å². The number of nitrogens with zero attached hydrogens (tertiary/aromatic N) is 2. The Morgan fingerprint density at radius 3 is 2.61 bits per heavy atom. The standard InChI is InChI=1S/C21H20FN3O3/c1-3-14-8-4-7-11-17(14)23-20(26)13-25(2)21(27)18-12-19(28-24-18)15-9-5-6-10-16(15)22/h4-12H,3,13H2,1-2H3,(H,23,26). The molecule has 0 aliphatic heterocycles. The zero-order chi connectivity index (χ0) is 20.1. The van der Waals surface area contributed by atoms with Crippen LogP contribution in [-0.4, -0.2) is 35.5 Å². The van der Waals surface area contributed by atoms with Crippen LogP contribution in [0.25, 0.3) is 11.3 Å². The smallest absolute Gasteiger partial charge is 0.276 e. The van der Waals surface area contributed by atoms with E-state index in [-0.39, 0.29) is 29.5 Å². The van der Waals surface area contributed by atoms with Crippen molar-refractivity contribution in [3.8, 4) is 11.3 Å². The van der Waals surface area contributed by atoms with Crippen molar-refractivity contribution in [1.82, 2.24) is 10.1 Å². The van der Waals surface area contributed by atoms with Crippen molar-refractivity contribution in [3.63, 3.8) is 0 Å². The number of rotatable bonds is 6. The van der Waals surface area contributed by atoms with E-state index in [9.17, 15) is 14.0 Å². The van der Waals surface area contributed by atoms with E-state index in [0.717, 1.165) is 17.7 Å². The predicted octanol–water partition coefficient (Wildman–Crippen LogP) is 3.75. The van der Waals surface area contributed by atoms with E-state index >= 15 is 0 Å². The average molecular weight is 381 g/mol. The molecule has 0 spiro atoms. The van der Waals surface area contributed by atoms with Gasteiger partial charge in [0.2, 0.25) is 5.91 Å². The number of para-hydroxylation sites is 1. The molecule has 1 heterocycles. The number of hydrogen-bond acceptors (Lipinski definition) is 4. The number of benzene rings is 2. The Balaban J connectivity index is 1.66. The zero-order valence-corrected chi connectivity index (χ0v) is 15.6. The molecule has 0 bridgehead atoms. The summed E-state index contributed by atoms with van der Waals surface area (Å²) in [6.45, 7) is 1.84. The van der Waals surface area contributed by atoms with Crippen molar-refractivity contribution < 1.29 is 18.5 Å². The van der Waals surface area contributed by atoms with E-state index in [1.54, 1.807) is 12.1 Å². The number of carbonyl (C=O) groups is 2. The van der Waals surface area contributed by atoms with Gasteiger partial charge in [-0.25, -0.2) is 4.39 Å². The molecule has 0 atom stereocenters. The van der Waals surface area contributed by atoms with E-state index in [4.69, 9.17) is 4.52 Å². The number of aryl methyl sites for hydroxylation is 1. The lowest BCUT2D eigenvalue weighted by Crippen LogP contribution is -2.35. The van der Waals surface area contributed by atoms with Gasteiger partial charge >= 0.3 is 0 Å². The predicted molar refractivity (Wildman–Crippen MR) is 103 cm³/mol. The summed E-state index contributed by atoms with van der Waals surface area (Å²) in [4.78, 5) is 26.0. The highest BCUT2D eigenvalue weighted by atomic mass is 19.1. The largest absolute Gasteiger partial charge is 0.355 e. The Morgan fingerprint density at radius 1 is 1.14 bits per heavy atom. The Labute approximate surface area is 161 Å². The molecule has 3 aromatic rings. The number of likely N-dealkylation sites (N-methyl/N-ethyl adjacent to an activating group) is 1. The number of anilines is 1. The van der Waals surface area contributed by atoms with Crippen LogP contribution in [0.2, 0.25) is 0 Å². The van der Waals surface area contributed by atoms with Gasteiger partial charge in [0.05, 0.1) is 12.1 Å². The summed E-state index contributed by atoms with van der Waals surface area (Å²) in [5.41, 5.74) is 1.95. The molecule has 2 amide bonds. The van der Waals surface area contributed by atoms with Gasteiger partial charge in [0.1, 0.15) is 5.82 Å². The van der Waals surface area contributed by atoms with Crippen molar-refractivity contribution in [2.24, 2.45) is 0 Å². The molecule has 2 aromatic carbocycles. The van der Waals surface area contributed by atoms with Crippen LogP contribution in [0.5, 0.6) is 0 Å². The molecule has 0 aliphatic rings. The minimum atomic E-state index is -0.495. The van der Waals surface area contributed by atoms with Crippen LogP contribution in [0, 0.1) is 5.82 Å². The van der Waals surface area contributed by atoms with Crippen molar-refractivity contribution >= 4 is 17.5 Å². The Kier molecular flexibility index (Phi) is 5.84. The van der Waals surface area contributed by atoms with Crippen LogP contribution in [0.4, 0.5) is 10.1 Å². The third-order valence-corrected chi connectivity index (χ3v) is 4.27. The summed E-state index contributed by atoms with van der Waals surface area (Å²) in [5.74, 6) is -1.14. The zero-order valence-electron chi connectivity index (χ0n) is 15.6. The summed E-state index contributed by atoms with van der Waals surface area (Å²) >= 11 is 0. The molecule has 6 nitrogen and oxygen atoms in total. The lowest BCUT2D eigenvalue weighted by Gasteiger charge is -2.16. The Morgan fingerprint density at radius 2 is 1.86 bits per heavy atom. The molecule has 0 saturated heterocycles. The maximum absolute atomic E-state index is 13.8. The van der Waals surface area contributed by atoms with Crippen LogP contribution in [0.3, 0.4) is 0 Å². The molecular formula is C21H20FN3O3. The number of halogens is 1. The van der Waals surface area contributed by atoms with Crippen LogP contribution < -0.4 is 5.32 Å². The topological polar surface area (TPSA) is 75.4 Å². The molecule has 28 heavy (non-hydrogen) atoms. The fourth-order valence-corrected chi connectivity index (χ4v) is 2.79. The first-order valence-electron chi connectivity index (χ1n) is 8.84. The van der Waals surface area contributed by atoms with Crippen molar-refractivity contribution in [2.75, 3.05) is 18.9 Å². The maximum atomic E-state index is 13.8. The second kappa shape index (κ2) is 8.47. The molecule has 3 rings (SSSR count). The summed E-state index contributed by atoms with van der Waals surface area (Å²) in [6, 6.07) is 14.9. The number of amides is 2. The van der Waals surface area contributed by atoms with Crippen LogP contribution in [0.15, 0.2) is 59.1 Å². The third kappa shape index (κ3) is 4.25. The molecule has 0 aliphatic carbocycles. The highest BCUT2D eigenvalue weighted by molar-refractivity contribution is 5.98. The van der Waals surface area contributed by atoms with Gasteiger partial charge in [0, 0.05) is 18.8 Å². The van der Waals surface area contributed by atoms with Crippen LogP contribution in [-0.2, 0) is 11.2 Å². The first kappa shape index (κ1) is 19.3. The molecular weight excluding hydrogens is 361 g/mol. The van der Waals surface area contributed by atoms with E-state index in [2.05, 4.69) is 10.5 Å². The Bertz CT molecular complexity index is 1000. The van der Waals surface area contributed by atoms with Crippen molar-refractivity contribution in [1.29, 1.82) is 0 Å². The molecule has 1 aromatic heterocycles. The van der Waals surface area contributed by atoms with Crippen LogP contribution >= 0.6 is 0 Å². The lowest BCUT2D eigenvalue weighted by atomic mass is 10.1. The van der Waals surface area contributed by atoms with E-state index < -0.39 is 11.7 Å². The molecule has 0 unspecified atom stereocenters. The maximum Gasteiger partial charge on any atom is 0.276 e. The van der Waals surface area contributed by atoms with Gasteiger partial charge in [0.25, 0.3) is 5.91 Å². The van der Waals surface area contributed by atoms with E-state index in [1.807, 2.05) is 31.2 Å². The van der Waals surface area contributed by atoms with Gasteiger partial charge in [-0.15, -0.1) is 0 Å². The highest BCUT2D eigenvalue weighted by Crippen LogP contribution is 2.23. The second-order valence-electron chi connectivity index (χ2n) is 6.28. The van der Waals surface area contributed by atoms with Gasteiger partial charge < -0.3 is 14.7 Å². The number of nitrogens with one attached hydrogen (secondary N) is 1. The van der Waals surface area contributed by atoms with Crippen molar-refractivity contribution in [2.45, 2.75) is 13.3 Å². The molecule has 0 fully saturated rings. The molecule has 1 N–H and O–H groups in total. The normalized spacial score (nSPS) is 10.5. The number of aromatic nitrogens is 1. The third-order valence-electron chi connectivity index (χ3n) is 4.27.